The summed E-state index contributed by atoms with van der Waals surface area (Å²) in [5.41, 5.74) is 9.01. The number of hydrogen-bond acceptors (Lipinski definition) is 5. The van der Waals surface area contributed by atoms with Crippen molar-refractivity contribution in [2.75, 3.05) is 19.0 Å². The zero-order valence-corrected chi connectivity index (χ0v) is 18.1. The van der Waals surface area contributed by atoms with E-state index in [0.29, 0.717) is 17.1 Å². The molecule has 1 aliphatic carbocycles. The van der Waals surface area contributed by atoms with Crippen molar-refractivity contribution in [2.24, 2.45) is 0 Å². The zero-order chi connectivity index (χ0) is 22.3. The van der Waals surface area contributed by atoms with Crippen LogP contribution in [0.5, 0.6) is 5.75 Å². The van der Waals surface area contributed by atoms with Crippen LogP contribution in [0.4, 0.5) is 5.69 Å². The molecule has 0 unspecified atom stereocenters. The van der Waals surface area contributed by atoms with Gasteiger partial charge in [-0.3, -0.25) is 20.4 Å². The average Bonchev–Trinajstić information content (AvgIpc) is 3.02. The van der Waals surface area contributed by atoms with Crippen molar-refractivity contribution in [3.05, 3.63) is 71.5 Å². The Morgan fingerprint density at radius 3 is 2.53 bits per heavy atom. The van der Waals surface area contributed by atoms with Gasteiger partial charge in [0.1, 0.15) is 5.75 Å². The number of ether oxygens (including phenoxy) is 1. The first-order valence-corrected chi connectivity index (χ1v) is 10.8. The predicted octanol–water partition coefficient (Wildman–Crippen LogP) is 3.02. The van der Waals surface area contributed by atoms with Crippen molar-refractivity contribution in [3.63, 3.8) is 0 Å². The third-order valence-corrected chi connectivity index (χ3v) is 5.51. The molecule has 8 nitrogen and oxygen atoms in total. The van der Waals surface area contributed by atoms with E-state index in [1.807, 2.05) is 53.2 Å². The molecule has 0 aliphatic heterocycles. The van der Waals surface area contributed by atoms with Crippen molar-refractivity contribution in [1.29, 1.82) is 0 Å². The minimum Gasteiger partial charge on any atom is -0.495 e. The van der Waals surface area contributed by atoms with Crippen LogP contribution in [0.2, 0.25) is 0 Å². The number of nitrogens with one attached hydrogen (secondary N) is 3. The summed E-state index contributed by atoms with van der Waals surface area (Å²) >= 11 is 0. The first-order chi connectivity index (χ1) is 15.7. The number of anilines is 1. The lowest BCUT2D eigenvalue weighted by atomic mass is 10.1. The number of benzene rings is 2. The highest BCUT2D eigenvalue weighted by Crippen LogP contribution is 2.26. The van der Waals surface area contributed by atoms with Gasteiger partial charge in [0, 0.05) is 11.3 Å². The van der Waals surface area contributed by atoms with Gasteiger partial charge < -0.3 is 10.1 Å². The van der Waals surface area contributed by atoms with Crippen molar-refractivity contribution < 1.29 is 14.3 Å². The Bertz CT molecular complexity index is 1090. The van der Waals surface area contributed by atoms with Gasteiger partial charge in [-0.2, -0.15) is 5.10 Å². The van der Waals surface area contributed by atoms with E-state index in [2.05, 4.69) is 21.3 Å². The summed E-state index contributed by atoms with van der Waals surface area (Å²) in [6.45, 7) is -0.0167. The lowest BCUT2D eigenvalue weighted by Gasteiger charge is -2.11. The summed E-state index contributed by atoms with van der Waals surface area (Å²) in [5.74, 6) is -0.153. The number of nitrogens with zero attached hydrogens (tertiary/aromatic N) is 2. The highest BCUT2D eigenvalue weighted by Gasteiger charge is 2.25. The lowest BCUT2D eigenvalue weighted by molar-refractivity contribution is -0.120. The number of hydrazine groups is 1. The molecule has 0 saturated heterocycles. The minimum atomic E-state index is -0.413. The molecular formula is C24H27N5O3. The van der Waals surface area contributed by atoms with Gasteiger partial charge in [0.15, 0.2) is 5.69 Å². The topological polar surface area (TPSA) is 97.3 Å². The number of aromatic nitrogens is 2. The third kappa shape index (κ3) is 4.74. The van der Waals surface area contributed by atoms with Crippen molar-refractivity contribution in [1.82, 2.24) is 20.6 Å². The second kappa shape index (κ2) is 10.00. The molecule has 2 aromatic carbocycles. The van der Waals surface area contributed by atoms with Crippen LogP contribution in [0.3, 0.4) is 0 Å². The summed E-state index contributed by atoms with van der Waals surface area (Å²) in [5, 5.41) is 7.62. The van der Waals surface area contributed by atoms with E-state index in [1.165, 1.54) is 0 Å². The monoisotopic (exact) mass is 433 g/mol. The molecule has 4 rings (SSSR count). The quantitative estimate of drug-likeness (QED) is 0.410. The number of carbonyl (C=O) groups is 2. The second-order valence-corrected chi connectivity index (χ2v) is 7.64. The molecule has 1 heterocycles. The van der Waals surface area contributed by atoms with E-state index in [1.54, 1.807) is 13.2 Å². The molecule has 3 N–H and O–H groups in total. The molecule has 166 valence electrons. The number of rotatable bonds is 6. The molecule has 8 heteroatoms. The van der Waals surface area contributed by atoms with Gasteiger partial charge in [-0.05, 0) is 49.9 Å². The smallest absolute Gasteiger partial charge is 0.290 e. The van der Waals surface area contributed by atoms with Crippen LogP contribution in [0.15, 0.2) is 54.6 Å². The van der Waals surface area contributed by atoms with Crippen LogP contribution >= 0.6 is 0 Å². The van der Waals surface area contributed by atoms with Gasteiger partial charge in [0.25, 0.3) is 11.8 Å². The number of methoxy groups -OCH3 is 1. The Balaban J connectivity index is 1.44. The van der Waals surface area contributed by atoms with Gasteiger partial charge in [0.2, 0.25) is 0 Å². The Morgan fingerprint density at radius 1 is 0.969 bits per heavy atom. The largest absolute Gasteiger partial charge is 0.495 e. The summed E-state index contributed by atoms with van der Waals surface area (Å²) in [6.07, 6.45) is 4.88. The molecule has 32 heavy (non-hydrogen) atoms. The van der Waals surface area contributed by atoms with E-state index in [-0.39, 0.29) is 12.5 Å². The van der Waals surface area contributed by atoms with E-state index in [4.69, 9.17) is 4.74 Å². The van der Waals surface area contributed by atoms with Crippen LogP contribution in [0.1, 0.15) is 41.0 Å². The molecule has 1 aromatic heterocycles. The second-order valence-electron chi connectivity index (χ2n) is 7.64. The predicted molar refractivity (Wildman–Crippen MR) is 122 cm³/mol. The molecule has 0 bridgehead atoms. The van der Waals surface area contributed by atoms with Crippen molar-refractivity contribution in [3.8, 4) is 11.4 Å². The average molecular weight is 434 g/mol. The fraction of sp³-hybridized carbons (Fsp3) is 0.292. The summed E-state index contributed by atoms with van der Waals surface area (Å²) in [6, 6.07) is 17.1. The zero-order valence-electron chi connectivity index (χ0n) is 18.1. The molecule has 2 amide bonds. The Labute approximate surface area is 186 Å². The minimum absolute atomic E-state index is 0.0167. The first kappa shape index (κ1) is 21.4. The Hall–Kier alpha value is -3.81. The highest BCUT2D eigenvalue weighted by molar-refractivity contribution is 5.95. The number of fused-ring (bicyclic) bond motifs is 1. The van der Waals surface area contributed by atoms with Crippen LogP contribution < -0.4 is 20.9 Å². The van der Waals surface area contributed by atoms with Crippen LogP contribution in [0, 0.1) is 0 Å². The molecule has 0 saturated carbocycles. The Kier molecular flexibility index (Phi) is 6.69. The fourth-order valence-corrected chi connectivity index (χ4v) is 3.94. The van der Waals surface area contributed by atoms with Crippen molar-refractivity contribution >= 4 is 17.5 Å². The maximum Gasteiger partial charge on any atom is 0.290 e. The van der Waals surface area contributed by atoms with Gasteiger partial charge in [0.05, 0.1) is 25.0 Å². The number of hydrogen-bond donors (Lipinski definition) is 3. The molecule has 1 aliphatic rings. The maximum atomic E-state index is 12.9. The number of para-hydroxylation sites is 3. The third-order valence-electron chi connectivity index (χ3n) is 5.51. The maximum absolute atomic E-state index is 12.9. The first-order valence-electron chi connectivity index (χ1n) is 10.8. The molecule has 0 fully saturated rings. The van der Waals surface area contributed by atoms with E-state index in [0.717, 1.165) is 49.0 Å². The van der Waals surface area contributed by atoms with Crippen LogP contribution in [-0.4, -0.2) is 35.2 Å². The molecule has 0 spiro atoms. The molecular weight excluding hydrogens is 406 g/mol. The van der Waals surface area contributed by atoms with Crippen molar-refractivity contribution in [2.45, 2.75) is 32.1 Å². The van der Waals surface area contributed by atoms with E-state index in [9.17, 15) is 9.59 Å². The van der Waals surface area contributed by atoms with Gasteiger partial charge >= 0.3 is 0 Å². The number of carbonyl (C=O) groups excluding carboxylic acids is 2. The SMILES string of the molecule is COc1ccccc1NCC(=O)NNC(=O)c1nn(-c2ccccc2)c2c1CCCCC2. The Morgan fingerprint density at radius 2 is 1.72 bits per heavy atom. The molecule has 0 atom stereocenters. The fourth-order valence-electron chi connectivity index (χ4n) is 3.94. The van der Waals surface area contributed by atoms with E-state index >= 15 is 0 Å². The molecule has 3 aromatic rings. The van der Waals surface area contributed by atoms with Gasteiger partial charge in [-0.15, -0.1) is 0 Å². The van der Waals surface area contributed by atoms with Gasteiger partial charge in [-0.25, -0.2) is 4.68 Å². The lowest BCUT2D eigenvalue weighted by Crippen LogP contribution is -2.44. The summed E-state index contributed by atoms with van der Waals surface area (Å²) < 4.78 is 7.12. The molecule has 0 radical (unpaired) electrons. The van der Waals surface area contributed by atoms with Crippen LogP contribution in [-0.2, 0) is 17.6 Å². The number of amides is 2. The highest BCUT2D eigenvalue weighted by atomic mass is 16.5. The normalized spacial score (nSPS) is 12.9. The van der Waals surface area contributed by atoms with E-state index < -0.39 is 5.91 Å². The summed E-state index contributed by atoms with van der Waals surface area (Å²) in [7, 11) is 1.57. The van der Waals surface area contributed by atoms with Crippen LogP contribution in [0.25, 0.3) is 5.69 Å². The standard InChI is InChI=1S/C24H27N5O3/c1-32-21-15-9-8-13-19(21)25-16-22(30)26-27-24(31)23-18-12-6-3-7-14-20(18)29(28-23)17-10-4-2-5-11-17/h2,4-5,8-11,13,15,25H,3,6-7,12,14,16H2,1H3,(H,26,30)(H,27,31). The summed E-state index contributed by atoms with van der Waals surface area (Å²) in [4.78, 5) is 25.2. The van der Waals surface area contributed by atoms with Gasteiger partial charge in [-0.1, -0.05) is 36.8 Å².